The predicted molar refractivity (Wildman–Crippen MR) is 81.3 cm³/mol. The van der Waals surface area contributed by atoms with Gasteiger partial charge in [-0.05, 0) is 34.1 Å². The quantitative estimate of drug-likeness (QED) is 0.914. The molecule has 2 rings (SSSR count). The van der Waals surface area contributed by atoms with Crippen LogP contribution in [0, 0.1) is 5.92 Å². The molecular weight excluding hydrogens is 284 g/mol. The predicted octanol–water partition coefficient (Wildman–Crippen LogP) is 1.46. The third kappa shape index (κ3) is 4.19. The van der Waals surface area contributed by atoms with Crippen molar-refractivity contribution >= 4 is 6.09 Å². The van der Waals surface area contributed by atoms with Crippen molar-refractivity contribution in [2.24, 2.45) is 5.92 Å². The molecule has 2 unspecified atom stereocenters. The van der Waals surface area contributed by atoms with E-state index in [0.29, 0.717) is 25.9 Å². The second-order valence-electron chi connectivity index (χ2n) is 6.74. The van der Waals surface area contributed by atoms with E-state index in [2.05, 4.69) is 10.1 Å². The van der Waals surface area contributed by atoms with Crippen LogP contribution in [0.1, 0.15) is 39.9 Å². The molecule has 0 radical (unpaired) electrons. The van der Waals surface area contributed by atoms with Gasteiger partial charge >= 0.3 is 6.09 Å². The van der Waals surface area contributed by atoms with Crippen LogP contribution in [0.3, 0.4) is 0 Å². The van der Waals surface area contributed by atoms with Crippen LogP contribution in [0.15, 0.2) is 6.33 Å². The van der Waals surface area contributed by atoms with Crippen molar-refractivity contribution in [3.8, 4) is 0 Å². The Kier molecular flexibility index (Phi) is 5.05. The number of hydrogen-bond donors (Lipinski definition) is 1. The molecule has 22 heavy (non-hydrogen) atoms. The first-order valence-electron chi connectivity index (χ1n) is 7.83. The lowest BCUT2D eigenvalue weighted by atomic mass is 9.91. The first-order valence-corrected chi connectivity index (χ1v) is 7.83. The third-order valence-electron chi connectivity index (χ3n) is 3.79. The maximum Gasteiger partial charge on any atom is 0.410 e. The van der Waals surface area contributed by atoms with Gasteiger partial charge in [0.25, 0.3) is 0 Å². The number of hydrogen-bond acceptors (Lipinski definition) is 5. The molecule has 2 heterocycles. The van der Waals surface area contributed by atoms with Gasteiger partial charge in [0.15, 0.2) is 0 Å². The van der Waals surface area contributed by atoms with Crippen LogP contribution in [0.5, 0.6) is 0 Å². The maximum atomic E-state index is 12.2. The van der Waals surface area contributed by atoms with Gasteiger partial charge in [-0.25, -0.2) is 9.78 Å². The molecule has 1 aliphatic rings. The largest absolute Gasteiger partial charge is 0.444 e. The maximum absolute atomic E-state index is 12.2. The monoisotopic (exact) mass is 310 g/mol. The first kappa shape index (κ1) is 16.7. The summed E-state index contributed by atoms with van der Waals surface area (Å²) in [5.74, 6) is 0.799. The number of rotatable bonds is 3. The van der Waals surface area contributed by atoms with E-state index in [0.717, 1.165) is 12.4 Å². The number of piperidine rings is 1. The van der Waals surface area contributed by atoms with E-state index in [1.807, 2.05) is 32.4 Å². The smallest absolute Gasteiger partial charge is 0.410 e. The first-order chi connectivity index (χ1) is 10.3. The van der Waals surface area contributed by atoms with Crippen LogP contribution in [-0.4, -0.2) is 55.7 Å². The number of aliphatic hydroxyl groups excluding tert-OH is 1. The Balaban J connectivity index is 2.00. The highest BCUT2D eigenvalue weighted by Crippen LogP contribution is 2.22. The minimum absolute atomic E-state index is 0.0456. The number of carbonyl (C=O) groups excluding carboxylic acids is 1. The van der Waals surface area contributed by atoms with Crippen LogP contribution >= 0.6 is 0 Å². The number of ether oxygens (including phenoxy) is 1. The summed E-state index contributed by atoms with van der Waals surface area (Å²) < 4.78 is 7.23. The Bertz CT molecular complexity index is 509. The zero-order chi connectivity index (χ0) is 16.3. The van der Waals surface area contributed by atoms with Crippen molar-refractivity contribution < 1.29 is 14.6 Å². The summed E-state index contributed by atoms with van der Waals surface area (Å²) in [7, 11) is 0. The van der Waals surface area contributed by atoms with E-state index in [1.165, 1.54) is 6.33 Å². The van der Waals surface area contributed by atoms with Gasteiger partial charge in [0.05, 0.1) is 6.10 Å². The molecule has 7 heteroatoms. The molecule has 7 nitrogen and oxygen atoms in total. The molecule has 1 saturated heterocycles. The summed E-state index contributed by atoms with van der Waals surface area (Å²) in [6.45, 7) is 9.30. The summed E-state index contributed by atoms with van der Waals surface area (Å²) in [5.41, 5.74) is -0.509. The van der Waals surface area contributed by atoms with Gasteiger partial charge in [-0.2, -0.15) is 5.10 Å². The standard InChI is InChI=1S/C15H26N4O3/c1-5-19-13(16-10-17-19)8-11-9-18(7-6-12(11)20)14(21)22-15(2,3)4/h10-12,20H,5-9H2,1-4H3. The third-order valence-corrected chi connectivity index (χ3v) is 3.79. The number of aliphatic hydroxyl groups is 1. The van der Waals surface area contributed by atoms with Crippen LogP contribution in [0.4, 0.5) is 4.79 Å². The molecule has 0 aromatic carbocycles. The summed E-state index contributed by atoms with van der Waals surface area (Å²) in [6.07, 6.45) is 1.94. The molecule has 1 fully saturated rings. The van der Waals surface area contributed by atoms with Gasteiger partial charge in [-0.3, -0.25) is 4.68 Å². The molecule has 0 spiro atoms. The fourth-order valence-corrected chi connectivity index (χ4v) is 2.66. The second-order valence-corrected chi connectivity index (χ2v) is 6.74. The van der Waals surface area contributed by atoms with Crippen molar-refractivity contribution in [3.63, 3.8) is 0 Å². The molecule has 1 amide bonds. The van der Waals surface area contributed by atoms with Crippen molar-refractivity contribution in [1.29, 1.82) is 0 Å². The highest BCUT2D eigenvalue weighted by molar-refractivity contribution is 5.68. The molecule has 1 aliphatic heterocycles. The molecule has 2 atom stereocenters. The van der Waals surface area contributed by atoms with Crippen molar-refractivity contribution in [2.75, 3.05) is 13.1 Å². The van der Waals surface area contributed by atoms with Crippen LogP contribution in [0.25, 0.3) is 0 Å². The zero-order valence-electron chi connectivity index (χ0n) is 13.8. The molecular formula is C15H26N4O3. The lowest BCUT2D eigenvalue weighted by molar-refractivity contribution is -0.00876. The fourth-order valence-electron chi connectivity index (χ4n) is 2.66. The average molecular weight is 310 g/mol. The molecule has 0 bridgehead atoms. The minimum Gasteiger partial charge on any atom is -0.444 e. The van der Waals surface area contributed by atoms with Crippen LogP contribution in [-0.2, 0) is 17.7 Å². The Morgan fingerprint density at radius 2 is 2.23 bits per heavy atom. The van der Waals surface area contributed by atoms with Crippen LogP contribution in [0.2, 0.25) is 0 Å². The molecule has 124 valence electrons. The molecule has 0 aliphatic carbocycles. The normalized spacial score (nSPS) is 22.7. The topological polar surface area (TPSA) is 80.5 Å². The number of aromatic nitrogens is 3. The summed E-state index contributed by atoms with van der Waals surface area (Å²) in [5, 5.41) is 14.4. The van der Waals surface area contributed by atoms with Gasteiger partial charge < -0.3 is 14.7 Å². The van der Waals surface area contributed by atoms with Gasteiger partial charge in [-0.1, -0.05) is 0 Å². The number of aryl methyl sites for hydroxylation is 1. The lowest BCUT2D eigenvalue weighted by Gasteiger charge is -2.36. The van der Waals surface area contributed by atoms with E-state index in [-0.39, 0.29) is 12.0 Å². The van der Waals surface area contributed by atoms with E-state index in [9.17, 15) is 9.90 Å². The number of likely N-dealkylation sites (tertiary alicyclic amines) is 1. The highest BCUT2D eigenvalue weighted by atomic mass is 16.6. The fraction of sp³-hybridized carbons (Fsp3) is 0.800. The average Bonchev–Trinajstić information content (AvgIpc) is 2.86. The Morgan fingerprint density at radius 1 is 1.50 bits per heavy atom. The molecule has 1 aromatic heterocycles. The Labute approximate surface area is 131 Å². The molecule has 0 saturated carbocycles. The van der Waals surface area contributed by atoms with E-state index < -0.39 is 11.7 Å². The van der Waals surface area contributed by atoms with Gasteiger partial charge in [-0.15, -0.1) is 0 Å². The number of nitrogens with zero attached hydrogens (tertiary/aromatic N) is 4. The highest BCUT2D eigenvalue weighted by Gasteiger charge is 2.33. The van der Waals surface area contributed by atoms with Crippen LogP contribution < -0.4 is 0 Å². The summed E-state index contributed by atoms with van der Waals surface area (Å²) in [4.78, 5) is 18.1. The summed E-state index contributed by atoms with van der Waals surface area (Å²) in [6, 6.07) is 0. The van der Waals surface area contributed by atoms with E-state index >= 15 is 0 Å². The van der Waals surface area contributed by atoms with Gasteiger partial charge in [0.2, 0.25) is 0 Å². The number of amides is 1. The molecule has 1 aromatic rings. The Hall–Kier alpha value is -1.63. The van der Waals surface area contributed by atoms with Gasteiger partial charge in [0.1, 0.15) is 17.8 Å². The second kappa shape index (κ2) is 6.64. The van der Waals surface area contributed by atoms with Crippen molar-refractivity contribution in [1.82, 2.24) is 19.7 Å². The minimum atomic E-state index is -0.509. The SMILES string of the molecule is CCn1ncnc1CC1CN(C(=O)OC(C)(C)C)CCC1O. The van der Waals surface area contributed by atoms with Gasteiger partial charge in [0, 0.05) is 32.0 Å². The van der Waals surface area contributed by atoms with Crippen molar-refractivity contribution in [2.45, 2.75) is 58.8 Å². The lowest BCUT2D eigenvalue weighted by Crippen LogP contribution is -2.48. The molecule has 1 N–H and O–H groups in total. The van der Waals surface area contributed by atoms with Crippen molar-refractivity contribution in [3.05, 3.63) is 12.2 Å². The number of carbonyl (C=O) groups is 1. The van der Waals surface area contributed by atoms with E-state index in [1.54, 1.807) is 4.90 Å². The zero-order valence-corrected chi connectivity index (χ0v) is 13.8. The Morgan fingerprint density at radius 3 is 2.86 bits per heavy atom. The summed E-state index contributed by atoms with van der Waals surface area (Å²) >= 11 is 0. The van der Waals surface area contributed by atoms with E-state index in [4.69, 9.17) is 4.74 Å².